The van der Waals surface area contributed by atoms with Gasteiger partial charge in [0.25, 0.3) is 0 Å². The predicted octanol–water partition coefficient (Wildman–Crippen LogP) is 1.52. The number of nitrogens with one attached hydrogen (secondary N) is 1. The molecule has 0 fully saturated rings. The molecule has 0 radical (unpaired) electrons. The third kappa shape index (κ3) is 4.50. The van der Waals surface area contributed by atoms with Gasteiger partial charge in [-0.25, -0.2) is 13.1 Å². The van der Waals surface area contributed by atoms with Crippen LogP contribution in [0.25, 0.3) is 0 Å². The van der Waals surface area contributed by atoms with Crippen LogP contribution in [0.2, 0.25) is 0 Å². The monoisotopic (exact) mass is 318 g/mol. The predicted molar refractivity (Wildman–Crippen MR) is 79.6 cm³/mol. The molecule has 0 unspecified atom stereocenters. The van der Waals surface area contributed by atoms with Gasteiger partial charge < -0.3 is 0 Å². The summed E-state index contributed by atoms with van der Waals surface area (Å²) >= 11 is 0. The summed E-state index contributed by atoms with van der Waals surface area (Å²) < 4.78 is 28.0. The summed E-state index contributed by atoms with van der Waals surface area (Å²) in [6.07, 6.45) is 1.45. The Balaban J connectivity index is 2.80. The highest BCUT2D eigenvalue weighted by Crippen LogP contribution is 2.21. The maximum absolute atomic E-state index is 12.0. The highest BCUT2D eigenvalue weighted by molar-refractivity contribution is 7.89. The van der Waals surface area contributed by atoms with E-state index in [0.29, 0.717) is 11.4 Å². The second kappa shape index (κ2) is 6.99. The number of nitro groups is 1. The smallest absolute Gasteiger partial charge is 0.261 e. The quantitative estimate of drug-likeness (QED) is 0.577. The minimum atomic E-state index is -3.42. The molecule has 0 aromatic carbocycles. The zero-order valence-corrected chi connectivity index (χ0v) is 13.6. The number of nitrogens with zero attached hydrogens (tertiary/aromatic N) is 3. The zero-order valence-electron chi connectivity index (χ0n) is 12.8. The Hall–Kier alpha value is -1.48. The fraction of sp³-hybridized carbons (Fsp3) is 0.750. The van der Waals surface area contributed by atoms with Crippen molar-refractivity contribution in [1.29, 1.82) is 0 Å². The molecular weight excluding hydrogens is 296 g/mol. The van der Waals surface area contributed by atoms with Gasteiger partial charge in [0.1, 0.15) is 11.4 Å². The van der Waals surface area contributed by atoms with Gasteiger partial charge in [0.15, 0.2) is 0 Å². The van der Waals surface area contributed by atoms with Crippen LogP contribution in [0.5, 0.6) is 0 Å². The van der Waals surface area contributed by atoms with Gasteiger partial charge >= 0.3 is 5.69 Å². The zero-order chi connectivity index (χ0) is 16.2. The molecule has 120 valence electrons. The van der Waals surface area contributed by atoms with Gasteiger partial charge in [-0.15, -0.1) is 0 Å². The van der Waals surface area contributed by atoms with Crippen LogP contribution in [0.4, 0.5) is 5.69 Å². The molecule has 1 aromatic heterocycles. The second-order valence-electron chi connectivity index (χ2n) is 4.95. The van der Waals surface area contributed by atoms with Gasteiger partial charge in [0, 0.05) is 6.04 Å². The molecule has 0 aliphatic rings. The average molecular weight is 318 g/mol. The van der Waals surface area contributed by atoms with E-state index in [0.717, 1.165) is 12.8 Å². The Labute approximate surface area is 124 Å². The molecule has 0 bridgehead atoms. The Morgan fingerprint density at radius 3 is 2.33 bits per heavy atom. The normalized spacial score (nSPS) is 12.0. The summed E-state index contributed by atoms with van der Waals surface area (Å²) in [5.41, 5.74) is 0.610. The molecule has 0 aliphatic heterocycles. The Morgan fingerprint density at radius 2 is 1.90 bits per heavy atom. The molecule has 9 heteroatoms. The molecule has 1 rings (SSSR count). The summed E-state index contributed by atoms with van der Waals surface area (Å²) in [6.45, 7) is 7.04. The first kappa shape index (κ1) is 17.6. The number of sulfonamides is 1. The van der Waals surface area contributed by atoms with E-state index in [9.17, 15) is 18.5 Å². The van der Waals surface area contributed by atoms with Gasteiger partial charge in [-0.2, -0.15) is 5.10 Å². The molecule has 21 heavy (non-hydrogen) atoms. The molecule has 0 saturated carbocycles. The molecule has 1 aromatic rings. The Morgan fingerprint density at radius 1 is 1.33 bits per heavy atom. The van der Waals surface area contributed by atoms with Gasteiger partial charge in [-0.05, 0) is 26.7 Å². The van der Waals surface area contributed by atoms with Crippen molar-refractivity contribution in [3.05, 3.63) is 21.5 Å². The lowest BCUT2D eigenvalue weighted by Gasteiger charge is -2.15. The molecule has 1 N–H and O–H groups in total. The first-order valence-corrected chi connectivity index (χ1v) is 8.55. The molecule has 0 atom stereocenters. The number of aryl methyl sites for hydroxylation is 2. The fourth-order valence-electron chi connectivity index (χ4n) is 2.14. The average Bonchev–Trinajstić information content (AvgIpc) is 2.68. The van der Waals surface area contributed by atoms with E-state index in [2.05, 4.69) is 9.82 Å². The summed E-state index contributed by atoms with van der Waals surface area (Å²) in [5.74, 6) is -0.150. The van der Waals surface area contributed by atoms with E-state index in [-0.39, 0.29) is 24.0 Å². The van der Waals surface area contributed by atoms with E-state index in [1.807, 2.05) is 13.8 Å². The standard InChI is InChI=1S/C12H22N4O4S/c1-5-11(6-2)14-21(19,20)8-7-15-10(4)12(16(17)18)9(3)13-15/h11,14H,5-8H2,1-4H3. The first-order chi connectivity index (χ1) is 9.71. The van der Waals surface area contributed by atoms with Crippen LogP contribution < -0.4 is 4.72 Å². The van der Waals surface area contributed by atoms with Crippen LogP contribution in [0.1, 0.15) is 38.1 Å². The number of aromatic nitrogens is 2. The Bertz CT molecular complexity index is 605. The SMILES string of the molecule is CCC(CC)NS(=O)(=O)CCn1nc(C)c([N+](=O)[O-])c1C. The highest BCUT2D eigenvalue weighted by Gasteiger charge is 2.23. The molecule has 0 aliphatic carbocycles. The van der Waals surface area contributed by atoms with Crippen molar-refractivity contribution in [3.63, 3.8) is 0 Å². The van der Waals surface area contributed by atoms with Crippen LogP contribution in [-0.4, -0.2) is 34.9 Å². The summed E-state index contributed by atoms with van der Waals surface area (Å²) in [5, 5.41) is 14.9. The highest BCUT2D eigenvalue weighted by atomic mass is 32.2. The lowest BCUT2D eigenvalue weighted by molar-refractivity contribution is -0.386. The fourth-order valence-corrected chi connectivity index (χ4v) is 3.52. The van der Waals surface area contributed by atoms with Gasteiger partial charge in [-0.1, -0.05) is 13.8 Å². The number of rotatable bonds is 8. The van der Waals surface area contributed by atoms with Crippen molar-refractivity contribution in [2.24, 2.45) is 0 Å². The molecule has 0 saturated heterocycles. The second-order valence-corrected chi connectivity index (χ2v) is 6.82. The van der Waals surface area contributed by atoms with Crippen LogP contribution in [0.15, 0.2) is 0 Å². The van der Waals surface area contributed by atoms with Crippen molar-refractivity contribution in [3.8, 4) is 0 Å². The molecule has 1 heterocycles. The van der Waals surface area contributed by atoms with Crippen LogP contribution >= 0.6 is 0 Å². The first-order valence-electron chi connectivity index (χ1n) is 6.90. The summed E-state index contributed by atoms with van der Waals surface area (Å²) in [6, 6.07) is -0.0789. The van der Waals surface area contributed by atoms with Crippen molar-refractivity contribution in [1.82, 2.24) is 14.5 Å². The van der Waals surface area contributed by atoms with Gasteiger partial charge in [0.2, 0.25) is 10.0 Å². The van der Waals surface area contributed by atoms with E-state index in [1.165, 1.54) is 4.68 Å². The lowest BCUT2D eigenvalue weighted by atomic mass is 10.2. The third-order valence-corrected chi connectivity index (χ3v) is 4.84. The van der Waals surface area contributed by atoms with Gasteiger partial charge in [-0.3, -0.25) is 14.8 Å². The van der Waals surface area contributed by atoms with Crippen molar-refractivity contribution in [2.45, 2.75) is 53.1 Å². The number of hydrogen-bond acceptors (Lipinski definition) is 5. The maximum atomic E-state index is 12.0. The largest absolute Gasteiger partial charge is 0.312 e. The van der Waals surface area contributed by atoms with Crippen molar-refractivity contribution >= 4 is 15.7 Å². The van der Waals surface area contributed by atoms with E-state index >= 15 is 0 Å². The van der Waals surface area contributed by atoms with Crippen LogP contribution in [0, 0.1) is 24.0 Å². The lowest BCUT2D eigenvalue weighted by Crippen LogP contribution is -2.36. The molecular formula is C12H22N4O4S. The van der Waals surface area contributed by atoms with E-state index in [4.69, 9.17) is 0 Å². The van der Waals surface area contributed by atoms with Crippen LogP contribution in [-0.2, 0) is 16.6 Å². The minimum Gasteiger partial charge on any atom is -0.261 e. The number of hydrogen-bond donors (Lipinski definition) is 1. The van der Waals surface area contributed by atoms with E-state index in [1.54, 1.807) is 13.8 Å². The van der Waals surface area contributed by atoms with Crippen molar-refractivity contribution < 1.29 is 13.3 Å². The Kier molecular flexibility index (Phi) is 5.85. The van der Waals surface area contributed by atoms with Crippen molar-refractivity contribution in [2.75, 3.05) is 5.75 Å². The topological polar surface area (TPSA) is 107 Å². The molecule has 8 nitrogen and oxygen atoms in total. The summed E-state index contributed by atoms with van der Waals surface area (Å²) in [4.78, 5) is 10.4. The molecule has 0 spiro atoms. The third-order valence-electron chi connectivity index (χ3n) is 3.43. The maximum Gasteiger partial charge on any atom is 0.312 e. The van der Waals surface area contributed by atoms with Gasteiger partial charge in [0.05, 0.1) is 17.2 Å². The van der Waals surface area contributed by atoms with Crippen LogP contribution in [0.3, 0.4) is 0 Å². The minimum absolute atomic E-state index is 0.0552. The molecule has 0 amide bonds. The van der Waals surface area contributed by atoms with E-state index < -0.39 is 14.9 Å². The summed E-state index contributed by atoms with van der Waals surface area (Å²) in [7, 11) is -3.42.